The van der Waals surface area contributed by atoms with Crippen LogP contribution in [-0.4, -0.2) is 28.8 Å². The Balaban J connectivity index is 1.86. The molecule has 2 aliphatic rings. The number of aryl methyl sites for hydroxylation is 1. The minimum atomic E-state index is 0.0552. The van der Waals surface area contributed by atoms with E-state index in [2.05, 4.69) is 31.0 Å². The Morgan fingerprint density at radius 2 is 1.95 bits per heavy atom. The van der Waals surface area contributed by atoms with Crippen molar-refractivity contribution in [3.05, 3.63) is 29.3 Å². The van der Waals surface area contributed by atoms with E-state index in [0.717, 1.165) is 29.7 Å². The van der Waals surface area contributed by atoms with Gasteiger partial charge >= 0.3 is 0 Å². The fraction of sp³-hybridized carbons (Fsp3) is 0.556. The van der Waals surface area contributed by atoms with E-state index in [1.54, 1.807) is 0 Å². The van der Waals surface area contributed by atoms with Crippen molar-refractivity contribution in [2.24, 2.45) is 5.92 Å². The van der Waals surface area contributed by atoms with Crippen LogP contribution in [-0.2, 0) is 11.2 Å². The van der Waals surface area contributed by atoms with Crippen LogP contribution < -0.4 is 5.32 Å². The molecule has 1 N–H and O–H groups in total. The summed E-state index contributed by atoms with van der Waals surface area (Å²) in [5.74, 6) is 0.629. The fourth-order valence-electron chi connectivity index (χ4n) is 3.02. The molecule has 4 nitrogen and oxygen atoms in total. The lowest BCUT2D eigenvalue weighted by Gasteiger charge is -2.32. The van der Waals surface area contributed by atoms with E-state index in [1.165, 1.54) is 0 Å². The largest absolute Gasteiger partial charge is 0.333 e. The first kappa shape index (κ1) is 15.1. The molecule has 0 unspecified atom stereocenters. The molecule has 0 spiro atoms. The molecule has 1 aromatic carbocycles. The lowest BCUT2D eigenvalue weighted by atomic mass is 9.98. The Morgan fingerprint density at radius 1 is 1.23 bits per heavy atom. The van der Waals surface area contributed by atoms with Crippen molar-refractivity contribution in [3.63, 3.8) is 0 Å². The number of hydrogen-bond donors (Lipinski definition) is 1. The zero-order valence-electron chi connectivity index (χ0n) is 13.6. The third-order valence-corrected chi connectivity index (χ3v) is 4.83. The Kier molecular flexibility index (Phi) is 3.94. The zero-order chi connectivity index (χ0) is 15.9. The number of carbonyl (C=O) groups is 2. The molecule has 1 atom stereocenters. The van der Waals surface area contributed by atoms with Crippen LogP contribution in [0.25, 0.3) is 0 Å². The summed E-state index contributed by atoms with van der Waals surface area (Å²) in [5, 5.41) is 2.87. The third kappa shape index (κ3) is 2.87. The molecule has 0 bridgehead atoms. The van der Waals surface area contributed by atoms with E-state index < -0.39 is 0 Å². The molecule has 4 heteroatoms. The van der Waals surface area contributed by atoms with E-state index in [9.17, 15) is 9.59 Å². The summed E-state index contributed by atoms with van der Waals surface area (Å²) in [5.41, 5.74) is 2.66. The van der Waals surface area contributed by atoms with Crippen molar-refractivity contribution < 1.29 is 9.59 Å². The third-order valence-electron chi connectivity index (χ3n) is 4.83. The second-order valence-corrected chi connectivity index (χ2v) is 6.85. The lowest BCUT2D eigenvalue weighted by molar-refractivity contribution is -0.116. The van der Waals surface area contributed by atoms with Crippen LogP contribution in [0.15, 0.2) is 18.2 Å². The minimum absolute atomic E-state index is 0.0552. The molecule has 118 valence electrons. The molecule has 1 saturated carbocycles. The monoisotopic (exact) mass is 300 g/mol. The van der Waals surface area contributed by atoms with E-state index in [0.29, 0.717) is 24.8 Å². The van der Waals surface area contributed by atoms with E-state index in [-0.39, 0.29) is 17.9 Å². The number of rotatable bonds is 4. The van der Waals surface area contributed by atoms with Crippen molar-refractivity contribution in [2.45, 2.75) is 58.5 Å². The summed E-state index contributed by atoms with van der Waals surface area (Å²) in [7, 11) is 0. The highest BCUT2D eigenvalue weighted by atomic mass is 16.2. The number of carbonyl (C=O) groups excluding carboxylic acids is 2. The quantitative estimate of drug-likeness (QED) is 0.928. The molecule has 0 radical (unpaired) electrons. The van der Waals surface area contributed by atoms with E-state index in [4.69, 9.17) is 0 Å². The molecule has 1 aliphatic carbocycles. The minimum Gasteiger partial charge on any atom is -0.333 e. The Hall–Kier alpha value is -1.84. The van der Waals surface area contributed by atoms with Gasteiger partial charge in [0.25, 0.3) is 5.91 Å². The predicted molar refractivity (Wildman–Crippen MR) is 86.9 cm³/mol. The Labute approximate surface area is 131 Å². The predicted octanol–water partition coefficient (Wildman–Crippen LogP) is 3.22. The molecule has 3 rings (SSSR count). The molecular weight excluding hydrogens is 276 g/mol. The van der Waals surface area contributed by atoms with Gasteiger partial charge < -0.3 is 10.2 Å². The van der Waals surface area contributed by atoms with Gasteiger partial charge in [0.15, 0.2) is 0 Å². The molecule has 1 heterocycles. The SMILES string of the molecule is CC(C)[C@@H](C)N(C(=O)c1ccc2c(c1)CCC(=O)N2)C1CC1. The highest BCUT2D eigenvalue weighted by Gasteiger charge is 2.37. The van der Waals surface area contributed by atoms with Gasteiger partial charge in [-0.2, -0.15) is 0 Å². The first-order valence-corrected chi connectivity index (χ1v) is 8.23. The number of fused-ring (bicyclic) bond motifs is 1. The van der Waals surface area contributed by atoms with Gasteiger partial charge in [-0.25, -0.2) is 0 Å². The first-order chi connectivity index (χ1) is 10.5. The fourth-order valence-corrected chi connectivity index (χ4v) is 3.02. The van der Waals surface area contributed by atoms with E-state index in [1.807, 2.05) is 18.2 Å². The van der Waals surface area contributed by atoms with Crippen LogP contribution in [0, 0.1) is 5.92 Å². The lowest BCUT2D eigenvalue weighted by Crippen LogP contribution is -2.43. The smallest absolute Gasteiger partial charge is 0.254 e. The van der Waals surface area contributed by atoms with E-state index >= 15 is 0 Å². The van der Waals surface area contributed by atoms with Crippen LogP contribution in [0.5, 0.6) is 0 Å². The summed E-state index contributed by atoms with van der Waals surface area (Å²) in [6, 6.07) is 6.32. The number of nitrogens with zero attached hydrogens (tertiary/aromatic N) is 1. The molecule has 1 aliphatic heterocycles. The van der Waals surface area contributed by atoms with Crippen molar-refractivity contribution in [2.75, 3.05) is 5.32 Å². The van der Waals surface area contributed by atoms with Gasteiger partial charge in [-0.05, 0) is 55.9 Å². The van der Waals surface area contributed by atoms with Crippen molar-refractivity contribution in [1.29, 1.82) is 0 Å². The molecule has 0 saturated heterocycles. The normalized spacial score (nSPS) is 18.6. The van der Waals surface area contributed by atoms with Gasteiger partial charge in [0.2, 0.25) is 5.91 Å². The number of benzene rings is 1. The van der Waals surface area contributed by atoms with Crippen LogP contribution >= 0.6 is 0 Å². The van der Waals surface area contributed by atoms with Crippen LogP contribution in [0.4, 0.5) is 5.69 Å². The zero-order valence-corrected chi connectivity index (χ0v) is 13.6. The molecule has 1 fully saturated rings. The van der Waals surface area contributed by atoms with Crippen molar-refractivity contribution in [1.82, 2.24) is 4.90 Å². The molecule has 1 aromatic rings. The topological polar surface area (TPSA) is 49.4 Å². The van der Waals surface area contributed by atoms with Gasteiger partial charge in [0.1, 0.15) is 0 Å². The van der Waals surface area contributed by atoms with Gasteiger partial charge in [-0.3, -0.25) is 9.59 Å². The van der Waals surface area contributed by atoms with Gasteiger partial charge in [0.05, 0.1) is 0 Å². The number of nitrogens with one attached hydrogen (secondary N) is 1. The highest BCUT2D eigenvalue weighted by Crippen LogP contribution is 2.33. The average molecular weight is 300 g/mol. The molecular formula is C18H24N2O2. The van der Waals surface area contributed by atoms with Crippen LogP contribution in [0.3, 0.4) is 0 Å². The summed E-state index contributed by atoms with van der Waals surface area (Å²) in [4.78, 5) is 26.5. The second kappa shape index (κ2) is 5.75. The number of amides is 2. The Morgan fingerprint density at radius 3 is 2.59 bits per heavy atom. The maximum absolute atomic E-state index is 13.0. The van der Waals surface area contributed by atoms with Gasteiger partial charge in [-0.1, -0.05) is 13.8 Å². The van der Waals surface area contributed by atoms with Gasteiger partial charge in [0, 0.05) is 29.8 Å². The maximum atomic E-state index is 13.0. The average Bonchev–Trinajstić information content (AvgIpc) is 3.31. The Bertz CT molecular complexity index is 605. The van der Waals surface area contributed by atoms with Crippen molar-refractivity contribution in [3.8, 4) is 0 Å². The van der Waals surface area contributed by atoms with Crippen molar-refractivity contribution >= 4 is 17.5 Å². The summed E-state index contributed by atoms with van der Waals surface area (Å²) in [6.07, 6.45) is 3.44. The summed E-state index contributed by atoms with van der Waals surface area (Å²) >= 11 is 0. The number of anilines is 1. The summed E-state index contributed by atoms with van der Waals surface area (Å²) in [6.45, 7) is 6.46. The van der Waals surface area contributed by atoms with Crippen LogP contribution in [0.1, 0.15) is 56.0 Å². The molecule has 0 aromatic heterocycles. The van der Waals surface area contributed by atoms with Gasteiger partial charge in [-0.15, -0.1) is 0 Å². The standard InChI is InChI=1S/C18H24N2O2/c1-11(2)12(3)20(15-6-7-15)18(22)14-4-8-16-13(10-14)5-9-17(21)19-16/h4,8,10-12,15H,5-7,9H2,1-3H3,(H,19,21)/t12-/m1/s1. The van der Waals surface area contributed by atoms with Crippen LogP contribution in [0.2, 0.25) is 0 Å². The molecule has 22 heavy (non-hydrogen) atoms. The second-order valence-electron chi connectivity index (χ2n) is 6.85. The summed E-state index contributed by atoms with van der Waals surface area (Å²) < 4.78 is 0. The number of hydrogen-bond acceptors (Lipinski definition) is 2. The maximum Gasteiger partial charge on any atom is 0.254 e. The highest BCUT2D eigenvalue weighted by molar-refractivity contribution is 5.98. The molecule has 2 amide bonds. The first-order valence-electron chi connectivity index (χ1n) is 8.23.